The summed E-state index contributed by atoms with van der Waals surface area (Å²) in [7, 11) is 4.38. The fourth-order valence-corrected chi connectivity index (χ4v) is 2.70. The summed E-state index contributed by atoms with van der Waals surface area (Å²) in [4.78, 5) is 4.82. The number of aliphatic hydroxyl groups excluding tert-OH is 1. The Bertz CT molecular complexity index is 229. The largest absolute Gasteiger partial charge is 0.394 e. The normalized spacial score (nSPS) is 22.3. The summed E-state index contributed by atoms with van der Waals surface area (Å²) in [6, 6.07) is 0.663. The fourth-order valence-electron chi connectivity index (χ4n) is 2.70. The van der Waals surface area contributed by atoms with Crippen molar-refractivity contribution in [2.45, 2.75) is 44.7 Å². The van der Waals surface area contributed by atoms with Crippen molar-refractivity contribution in [3.8, 4) is 0 Å². The van der Waals surface area contributed by atoms with Crippen LogP contribution in [0.4, 0.5) is 0 Å². The van der Waals surface area contributed by atoms with Crippen LogP contribution in [0, 0.1) is 0 Å². The summed E-state index contributed by atoms with van der Waals surface area (Å²) in [5.41, 5.74) is -0.173. The summed E-state index contributed by atoms with van der Waals surface area (Å²) in [6.45, 7) is 8.74. The predicted octanol–water partition coefficient (Wildman–Crippen LogP) is 0.763. The Balaban J connectivity index is 2.43. The number of nitrogens with one attached hydrogen (secondary N) is 1. The van der Waals surface area contributed by atoms with Crippen LogP contribution in [0.25, 0.3) is 0 Å². The molecule has 0 bridgehead atoms. The van der Waals surface area contributed by atoms with Crippen molar-refractivity contribution in [3.63, 3.8) is 0 Å². The zero-order valence-electron chi connectivity index (χ0n) is 12.6. The number of aliphatic hydroxyl groups is 1. The maximum Gasteiger partial charge on any atom is 0.0623 e. The van der Waals surface area contributed by atoms with Gasteiger partial charge in [-0.25, -0.2) is 0 Å². The molecule has 18 heavy (non-hydrogen) atoms. The molecule has 1 fully saturated rings. The lowest BCUT2D eigenvalue weighted by Crippen LogP contribution is -2.56. The molecule has 0 amide bonds. The average Bonchev–Trinajstić information content (AvgIpc) is 2.37. The highest BCUT2D eigenvalue weighted by Crippen LogP contribution is 2.16. The van der Waals surface area contributed by atoms with E-state index in [-0.39, 0.29) is 12.1 Å². The van der Waals surface area contributed by atoms with Gasteiger partial charge in [-0.3, -0.25) is 0 Å². The second kappa shape index (κ2) is 7.43. The van der Waals surface area contributed by atoms with Crippen molar-refractivity contribution in [1.29, 1.82) is 0 Å². The smallest absolute Gasteiger partial charge is 0.0623 e. The first-order chi connectivity index (χ1) is 8.50. The molecule has 0 radical (unpaired) electrons. The number of hydrogen-bond donors (Lipinski definition) is 2. The summed E-state index contributed by atoms with van der Waals surface area (Å²) in [6.07, 6.45) is 3.58. The first-order valence-corrected chi connectivity index (χ1v) is 7.25. The molecule has 2 N–H and O–H groups in total. The van der Waals surface area contributed by atoms with E-state index in [4.69, 9.17) is 0 Å². The van der Waals surface area contributed by atoms with E-state index in [0.29, 0.717) is 6.04 Å². The Labute approximate surface area is 112 Å². The topological polar surface area (TPSA) is 38.7 Å². The van der Waals surface area contributed by atoms with Crippen molar-refractivity contribution in [3.05, 3.63) is 0 Å². The van der Waals surface area contributed by atoms with Gasteiger partial charge in [-0.15, -0.1) is 0 Å². The van der Waals surface area contributed by atoms with Crippen LogP contribution in [0.1, 0.15) is 33.1 Å². The molecular weight excluding hydrogens is 226 g/mol. The number of likely N-dealkylation sites (N-methyl/N-ethyl adjacent to an activating group) is 1. The molecule has 1 aliphatic rings. The van der Waals surface area contributed by atoms with Crippen molar-refractivity contribution in [2.75, 3.05) is 46.9 Å². The van der Waals surface area contributed by atoms with Crippen molar-refractivity contribution >= 4 is 0 Å². The maximum atomic E-state index is 9.60. The molecule has 4 heteroatoms. The number of rotatable bonds is 7. The summed E-state index contributed by atoms with van der Waals surface area (Å²) in [5, 5.41) is 13.1. The van der Waals surface area contributed by atoms with Crippen LogP contribution in [-0.2, 0) is 0 Å². The van der Waals surface area contributed by atoms with E-state index in [9.17, 15) is 5.11 Å². The van der Waals surface area contributed by atoms with Gasteiger partial charge in [-0.05, 0) is 59.9 Å². The van der Waals surface area contributed by atoms with Gasteiger partial charge in [0.25, 0.3) is 0 Å². The molecule has 1 rings (SSSR count). The number of piperidine rings is 1. The lowest BCUT2D eigenvalue weighted by Gasteiger charge is -2.40. The minimum absolute atomic E-state index is 0.173. The third-order valence-corrected chi connectivity index (χ3v) is 4.06. The molecule has 1 aliphatic heterocycles. The molecule has 0 saturated carbocycles. The average molecular weight is 257 g/mol. The van der Waals surface area contributed by atoms with E-state index in [1.54, 1.807) is 0 Å². The highest BCUT2D eigenvalue weighted by atomic mass is 16.3. The van der Waals surface area contributed by atoms with Crippen LogP contribution in [0.15, 0.2) is 0 Å². The quantitative estimate of drug-likeness (QED) is 0.706. The number of likely N-dealkylation sites (tertiary alicyclic amines) is 1. The lowest BCUT2D eigenvalue weighted by atomic mass is 9.98. The summed E-state index contributed by atoms with van der Waals surface area (Å²) < 4.78 is 0. The highest BCUT2D eigenvalue weighted by Gasteiger charge is 2.28. The third kappa shape index (κ3) is 4.84. The van der Waals surface area contributed by atoms with Crippen molar-refractivity contribution in [1.82, 2.24) is 15.1 Å². The molecule has 0 aliphatic carbocycles. The van der Waals surface area contributed by atoms with E-state index >= 15 is 0 Å². The molecule has 0 aromatic carbocycles. The second-order valence-corrected chi connectivity index (χ2v) is 6.10. The van der Waals surface area contributed by atoms with Gasteiger partial charge in [-0.1, -0.05) is 6.92 Å². The van der Waals surface area contributed by atoms with Crippen molar-refractivity contribution in [2.24, 2.45) is 0 Å². The minimum atomic E-state index is -0.173. The maximum absolute atomic E-state index is 9.60. The Kier molecular flexibility index (Phi) is 6.57. The van der Waals surface area contributed by atoms with Crippen LogP contribution in [0.2, 0.25) is 0 Å². The fraction of sp³-hybridized carbons (Fsp3) is 1.00. The van der Waals surface area contributed by atoms with E-state index in [2.05, 4.69) is 43.1 Å². The van der Waals surface area contributed by atoms with Gasteiger partial charge in [0.2, 0.25) is 0 Å². The minimum Gasteiger partial charge on any atom is -0.394 e. The third-order valence-electron chi connectivity index (χ3n) is 4.06. The van der Waals surface area contributed by atoms with Crippen LogP contribution < -0.4 is 5.32 Å². The SMILES string of the molecule is CCCNC(C)(CO)CN(C)C1CCN(C)CC1. The molecule has 0 spiro atoms. The van der Waals surface area contributed by atoms with E-state index in [1.807, 2.05) is 0 Å². The molecule has 1 saturated heterocycles. The van der Waals surface area contributed by atoms with Gasteiger partial charge in [-0.2, -0.15) is 0 Å². The van der Waals surface area contributed by atoms with E-state index in [1.165, 1.54) is 25.9 Å². The molecule has 1 heterocycles. The lowest BCUT2D eigenvalue weighted by molar-refractivity contribution is 0.0852. The van der Waals surface area contributed by atoms with Gasteiger partial charge < -0.3 is 20.2 Å². The van der Waals surface area contributed by atoms with Gasteiger partial charge >= 0.3 is 0 Å². The Hall–Kier alpha value is -0.160. The molecule has 0 aromatic rings. The monoisotopic (exact) mass is 257 g/mol. The zero-order chi connectivity index (χ0) is 13.6. The predicted molar refractivity (Wildman–Crippen MR) is 76.9 cm³/mol. The van der Waals surface area contributed by atoms with Gasteiger partial charge in [0, 0.05) is 12.6 Å². The Morgan fingerprint density at radius 2 is 2.00 bits per heavy atom. The van der Waals surface area contributed by atoms with Gasteiger partial charge in [0.05, 0.1) is 12.1 Å². The van der Waals surface area contributed by atoms with Crippen LogP contribution in [0.3, 0.4) is 0 Å². The van der Waals surface area contributed by atoms with Gasteiger partial charge in [0.1, 0.15) is 0 Å². The van der Waals surface area contributed by atoms with E-state index in [0.717, 1.165) is 19.5 Å². The Morgan fingerprint density at radius 3 is 2.50 bits per heavy atom. The Morgan fingerprint density at radius 1 is 1.39 bits per heavy atom. The number of hydrogen-bond acceptors (Lipinski definition) is 4. The summed E-state index contributed by atoms with van der Waals surface area (Å²) >= 11 is 0. The first kappa shape index (κ1) is 15.9. The summed E-state index contributed by atoms with van der Waals surface area (Å²) in [5.74, 6) is 0. The zero-order valence-corrected chi connectivity index (χ0v) is 12.6. The molecule has 4 nitrogen and oxygen atoms in total. The first-order valence-electron chi connectivity index (χ1n) is 7.25. The second-order valence-electron chi connectivity index (χ2n) is 6.10. The van der Waals surface area contributed by atoms with Gasteiger partial charge in [0.15, 0.2) is 0 Å². The van der Waals surface area contributed by atoms with Crippen molar-refractivity contribution < 1.29 is 5.11 Å². The standard InChI is InChI=1S/C14H31N3O/c1-5-8-15-14(2,12-18)11-17(4)13-6-9-16(3)10-7-13/h13,15,18H,5-12H2,1-4H3. The van der Waals surface area contributed by atoms with E-state index < -0.39 is 0 Å². The van der Waals surface area contributed by atoms with Crippen LogP contribution >= 0.6 is 0 Å². The molecule has 0 aromatic heterocycles. The van der Waals surface area contributed by atoms with Crippen LogP contribution in [0.5, 0.6) is 0 Å². The molecule has 108 valence electrons. The highest BCUT2D eigenvalue weighted by molar-refractivity contribution is 4.88. The molecule has 1 unspecified atom stereocenters. The molecule has 1 atom stereocenters. The number of nitrogens with zero attached hydrogens (tertiary/aromatic N) is 2. The van der Waals surface area contributed by atoms with Crippen LogP contribution in [-0.4, -0.2) is 73.4 Å². The molecular formula is C14H31N3O.